The summed E-state index contributed by atoms with van der Waals surface area (Å²) in [7, 11) is 1.88. The van der Waals surface area contributed by atoms with E-state index in [1.165, 1.54) is 10.7 Å². The van der Waals surface area contributed by atoms with E-state index in [-0.39, 0.29) is 11.5 Å². The number of aromatic nitrogens is 4. The maximum Gasteiger partial charge on any atom is 0.267 e. The van der Waals surface area contributed by atoms with E-state index in [9.17, 15) is 9.59 Å². The minimum atomic E-state index is -0.608. The van der Waals surface area contributed by atoms with Crippen molar-refractivity contribution in [1.82, 2.24) is 24.5 Å². The van der Waals surface area contributed by atoms with Gasteiger partial charge in [0.2, 0.25) is 5.91 Å². The molecule has 25 heavy (non-hydrogen) atoms. The highest BCUT2D eigenvalue weighted by Gasteiger charge is 2.25. The normalized spacial score (nSPS) is 16.1. The van der Waals surface area contributed by atoms with E-state index < -0.39 is 6.04 Å². The Labute approximate surface area is 147 Å². The molecule has 3 rings (SSSR count). The topological polar surface area (TPSA) is 73.0 Å². The van der Waals surface area contributed by atoms with Crippen molar-refractivity contribution in [2.75, 3.05) is 13.1 Å². The van der Waals surface area contributed by atoms with Gasteiger partial charge in [-0.1, -0.05) is 0 Å². The number of rotatable bonds is 3. The number of hydrogen-bond acceptors (Lipinski definition) is 4. The number of amides is 1. The molecule has 0 radical (unpaired) electrons. The third kappa shape index (κ3) is 3.23. The zero-order valence-corrected chi connectivity index (χ0v) is 15.3. The molecular weight excluding hydrogens is 318 g/mol. The minimum absolute atomic E-state index is 0.0360. The van der Waals surface area contributed by atoms with Crippen LogP contribution in [0.25, 0.3) is 11.3 Å². The molecule has 1 saturated heterocycles. The van der Waals surface area contributed by atoms with Gasteiger partial charge in [0.1, 0.15) is 6.04 Å². The SMILES string of the molecule is Cc1nn(C)c(C)c1-c1ccc(=O)n([C@@H](C)C(=O)N2CCCCC2)n1. The average molecular weight is 343 g/mol. The molecule has 1 amide bonds. The molecule has 7 heteroatoms. The first-order chi connectivity index (χ1) is 11.9. The number of hydrogen-bond donors (Lipinski definition) is 0. The Morgan fingerprint density at radius 2 is 1.80 bits per heavy atom. The number of piperidine rings is 1. The van der Waals surface area contributed by atoms with Gasteiger partial charge < -0.3 is 4.90 Å². The fourth-order valence-corrected chi connectivity index (χ4v) is 3.46. The third-order valence-corrected chi connectivity index (χ3v) is 4.98. The van der Waals surface area contributed by atoms with Gasteiger partial charge in [-0.2, -0.15) is 10.2 Å². The van der Waals surface area contributed by atoms with Crippen LogP contribution in [0.2, 0.25) is 0 Å². The van der Waals surface area contributed by atoms with Crippen LogP contribution in [0.5, 0.6) is 0 Å². The van der Waals surface area contributed by atoms with Crippen molar-refractivity contribution in [1.29, 1.82) is 0 Å². The molecule has 0 saturated carbocycles. The summed E-state index contributed by atoms with van der Waals surface area (Å²) in [5, 5.41) is 8.90. The van der Waals surface area contributed by atoms with Gasteiger partial charge in [-0.15, -0.1) is 0 Å². The molecule has 1 aliphatic heterocycles. The molecule has 0 spiro atoms. The van der Waals surface area contributed by atoms with Crippen molar-refractivity contribution in [3.63, 3.8) is 0 Å². The van der Waals surface area contributed by atoms with Crippen molar-refractivity contribution < 1.29 is 4.79 Å². The van der Waals surface area contributed by atoms with E-state index in [1.807, 2.05) is 25.8 Å². The Hall–Kier alpha value is -2.44. The summed E-state index contributed by atoms with van der Waals surface area (Å²) in [6.07, 6.45) is 3.20. The predicted molar refractivity (Wildman–Crippen MR) is 95.3 cm³/mol. The minimum Gasteiger partial charge on any atom is -0.341 e. The fraction of sp³-hybridized carbons (Fsp3) is 0.556. The summed E-state index contributed by atoms with van der Waals surface area (Å²) in [5.74, 6) is -0.0360. The third-order valence-electron chi connectivity index (χ3n) is 4.98. The molecule has 0 unspecified atom stereocenters. The molecule has 1 aliphatic rings. The van der Waals surface area contributed by atoms with Crippen LogP contribution in [-0.2, 0) is 11.8 Å². The van der Waals surface area contributed by atoms with Gasteiger partial charge in [0.15, 0.2) is 0 Å². The van der Waals surface area contributed by atoms with Gasteiger partial charge in [0.25, 0.3) is 5.56 Å². The molecule has 1 atom stereocenters. The Morgan fingerprint density at radius 3 is 2.40 bits per heavy atom. The number of aryl methyl sites for hydroxylation is 2. The zero-order chi connectivity index (χ0) is 18.1. The summed E-state index contributed by atoms with van der Waals surface area (Å²) in [6, 6.07) is 2.57. The second-order valence-corrected chi connectivity index (χ2v) is 6.73. The molecular formula is C18H25N5O2. The van der Waals surface area contributed by atoms with Crippen molar-refractivity contribution in [2.24, 2.45) is 7.05 Å². The summed E-state index contributed by atoms with van der Waals surface area (Å²) < 4.78 is 3.10. The average Bonchev–Trinajstić information content (AvgIpc) is 2.87. The van der Waals surface area contributed by atoms with E-state index in [0.29, 0.717) is 5.69 Å². The van der Waals surface area contributed by atoms with Crippen LogP contribution in [0.1, 0.15) is 43.6 Å². The summed E-state index contributed by atoms with van der Waals surface area (Å²) in [4.78, 5) is 26.9. The lowest BCUT2D eigenvalue weighted by atomic mass is 10.1. The van der Waals surface area contributed by atoms with Crippen molar-refractivity contribution in [3.05, 3.63) is 33.9 Å². The van der Waals surface area contributed by atoms with E-state index in [4.69, 9.17) is 0 Å². The highest BCUT2D eigenvalue weighted by atomic mass is 16.2. The summed E-state index contributed by atoms with van der Waals surface area (Å²) >= 11 is 0. The van der Waals surface area contributed by atoms with Crippen LogP contribution in [0.4, 0.5) is 0 Å². The maximum absolute atomic E-state index is 12.7. The Kier molecular flexibility index (Phi) is 4.74. The van der Waals surface area contributed by atoms with E-state index in [2.05, 4.69) is 10.2 Å². The van der Waals surface area contributed by atoms with Gasteiger partial charge in [0.05, 0.1) is 11.4 Å². The van der Waals surface area contributed by atoms with Crippen LogP contribution < -0.4 is 5.56 Å². The van der Waals surface area contributed by atoms with Crippen LogP contribution in [0, 0.1) is 13.8 Å². The maximum atomic E-state index is 12.7. The molecule has 2 aromatic rings. The van der Waals surface area contributed by atoms with Gasteiger partial charge in [-0.25, -0.2) is 4.68 Å². The lowest BCUT2D eigenvalue weighted by Crippen LogP contribution is -2.42. The van der Waals surface area contributed by atoms with Gasteiger partial charge >= 0.3 is 0 Å². The first-order valence-corrected chi connectivity index (χ1v) is 8.79. The van der Waals surface area contributed by atoms with Crippen LogP contribution in [0.3, 0.4) is 0 Å². The Balaban J connectivity index is 1.96. The van der Waals surface area contributed by atoms with Crippen molar-refractivity contribution in [2.45, 2.75) is 46.1 Å². The van der Waals surface area contributed by atoms with Crippen molar-refractivity contribution in [3.8, 4) is 11.3 Å². The van der Waals surface area contributed by atoms with Gasteiger partial charge in [-0.05, 0) is 46.1 Å². The molecule has 2 aromatic heterocycles. The molecule has 7 nitrogen and oxygen atoms in total. The van der Waals surface area contributed by atoms with E-state index >= 15 is 0 Å². The van der Waals surface area contributed by atoms with E-state index in [0.717, 1.165) is 49.3 Å². The van der Waals surface area contributed by atoms with Crippen LogP contribution in [0.15, 0.2) is 16.9 Å². The Bertz CT molecular complexity index is 846. The van der Waals surface area contributed by atoms with Gasteiger partial charge in [-0.3, -0.25) is 14.3 Å². The molecule has 0 aromatic carbocycles. The van der Waals surface area contributed by atoms with Gasteiger partial charge in [0, 0.05) is 37.5 Å². The number of carbonyl (C=O) groups is 1. The molecule has 134 valence electrons. The summed E-state index contributed by atoms with van der Waals surface area (Å²) in [6.45, 7) is 7.16. The number of likely N-dealkylation sites (tertiary alicyclic amines) is 1. The Morgan fingerprint density at radius 1 is 1.12 bits per heavy atom. The van der Waals surface area contributed by atoms with Crippen LogP contribution in [-0.4, -0.2) is 43.5 Å². The second kappa shape index (κ2) is 6.82. The van der Waals surface area contributed by atoms with E-state index in [1.54, 1.807) is 17.7 Å². The lowest BCUT2D eigenvalue weighted by Gasteiger charge is -2.29. The largest absolute Gasteiger partial charge is 0.341 e. The first kappa shape index (κ1) is 17.4. The summed E-state index contributed by atoms with van der Waals surface area (Å²) in [5.41, 5.74) is 3.15. The highest BCUT2D eigenvalue weighted by Crippen LogP contribution is 2.24. The standard InChI is InChI=1S/C18H25N5O2/c1-12-17(13(2)21(4)19-12)15-8-9-16(24)23(20-15)14(3)18(25)22-10-6-5-7-11-22/h8-9,14H,5-7,10-11H2,1-4H3/t14-/m0/s1. The monoisotopic (exact) mass is 343 g/mol. The number of carbonyl (C=O) groups excluding carboxylic acids is 1. The smallest absolute Gasteiger partial charge is 0.267 e. The quantitative estimate of drug-likeness (QED) is 0.852. The molecule has 3 heterocycles. The molecule has 0 N–H and O–H groups in total. The lowest BCUT2D eigenvalue weighted by molar-refractivity contribution is -0.135. The predicted octanol–water partition coefficient (Wildman–Crippen LogP) is 1.83. The first-order valence-electron chi connectivity index (χ1n) is 8.79. The van der Waals surface area contributed by atoms with Crippen LogP contribution >= 0.6 is 0 Å². The molecule has 1 fully saturated rings. The van der Waals surface area contributed by atoms with Crippen molar-refractivity contribution >= 4 is 5.91 Å². The highest BCUT2D eigenvalue weighted by molar-refractivity contribution is 5.80. The fourth-order valence-electron chi connectivity index (χ4n) is 3.46. The second-order valence-electron chi connectivity index (χ2n) is 6.73. The number of nitrogens with zero attached hydrogens (tertiary/aromatic N) is 5. The molecule has 0 bridgehead atoms. The molecule has 0 aliphatic carbocycles. The zero-order valence-electron chi connectivity index (χ0n) is 15.3.